The predicted molar refractivity (Wildman–Crippen MR) is 74.4 cm³/mol. The van der Waals surface area contributed by atoms with E-state index in [1.54, 1.807) is 11.3 Å². The number of hydrogen-bond donors (Lipinski definition) is 0. The number of hydrogen-bond acceptors (Lipinski definition) is 1. The number of rotatable bonds is 3. The van der Waals surface area contributed by atoms with Crippen LogP contribution in [0.3, 0.4) is 0 Å². The summed E-state index contributed by atoms with van der Waals surface area (Å²) in [6.45, 7) is 9.97. The molecule has 16 heavy (non-hydrogen) atoms. The van der Waals surface area contributed by atoms with Crippen molar-refractivity contribution in [2.24, 2.45) is 5.92 Å². The van der Waals surface area contributed by atoms with Gasteiger partial charge in [-0.1, -0.05) is 44.4 Å². The molecule has 0 nitrogen and oxygen atoms in total. The van der Waals surface area contributed by atoms with Gasteiger partial charge in [-0.25, -0.2) is 0 Å². The minimum absolute atomic E-state index is 0.646. The van der Waals surface area contributed by atoms with Crippen LogP contribution in [0.15, 0.2) is 49.6 Å². The highest BCUT2D eigenvalue weighted by Gasteiger charge is 2.09. The van der Waals surface area contributed by atoms with Crippen LogP contribution >= 0.6 is 11.3 Å². The molecule has 1 heteroatoms. The predicted octanol–water partition coefficient (Wildman–Crippen LogP) is 4.93. The largest absolute Gasteiger partial charge is 0.135 e. The second-order valence-electron chi connectivity index (χ2n) is 4.13. The molecule has 82 valence electrons. The summed E-state index contributed by atoms with van der Waals surface area (Å²) >= 11 is 1.78. The van der Waals surface area contributed by atoms with Gasteiger partial charge < -0.3 is 0 Å². The van der Waals surface area contributed by atoms with Gasteiger partial charge in [-0.3, -0.25) is 0 Å². The van der Waals surface area contributed by atoms with Crippen LogP contribution in [-0.2, 0) is 0 Å². The molecule has 0 radical (unpaired) electrons. The summed E-state index contributed by atoms with van der Waals surface area (Å²) in [5, 5.41) is 0. The van der Waals surface area contributed by atoms with Crippen LogP contribution in [0, 0.1) is 5.92 Å². The van der Waals surface area contributed by atoms with Crippen LogP contribution < -0.4 is 0 Å². The average molecular weight is 228 g/mol. The Balaban J connectivity index is 2.28. The molecule has 1 unspecified atom stereocenters. The summed E-state index contributed by atoms with van der Waals surface area (Å²) in [4.78, 5) is 2.53. The Hall–Kier alpha value is -1.34. The molecule has 1 aliphatic carbocycles. The van der Waals surface area contributed by atoms with Crippen molar-refractivity contribution >= 4 is 22.5 Å². The second-order valence-corrected chi connectivity index (χ2v) is 5.21. The summed E-state index contributed by atoms with van der Waals surface area (Å²) in [7, 11) is 0. The minimum Gasteiger partial charge on any atom is -0.135 e. The zero-order valence-corrected chi connectivity index (χ0v) is 10.4. The smallest absolute Gasteiger partial charge is 0.0346 e. The van der Waals surface area contributed by atoms with Crippen molar-refractivity contribution in [2.45, 2.75) is 13.3 Å². The maximum atomic E-state index is 3.97. The standard InChI is InChI=1S/C15H16S/c1-4-12(3)14-8-9-15(16-14)13-7-5-6-11(2)10-13/h4-5,7-11H,1,3,6H2,2H3. The lowest BCUT2D eigenvalue weighted by Gasteiger charge is -2.10. The van der Waals surface area contributed by atoms with Gasteiger partial charge in [-0.2, -0.15) is 0 Å². The van der Waals surface area contributed by atoms with E-state index < -0.39 is 0 Å². The van der Waals surface area contributed by atoms with Gasteiger partial charge >= 0.3 is 0 Å². The average Bonchev–Trinajstić information content (AvgIpc) is 2.77. The van der Waals surface area contributed by atoms with Gasteiger partial charge in [0, 0.05) is 9.75 Å². The van der Waals surface area contributed by atoms with Crippen LogP contribution in [0.1, 0.15) is 23.1 Å². The summed E-state index contributed by atoms with van der Waals surface area (Å²) in [5.41, 5.74) is 2.34. The Morgan fingerprint density at radius 3 is 3.00 bits per heavy atom. The highest BCUT2D eigenvalue weighted by Crippen LogP contribution is 2.32. The van der Waals surface area contributed by atoms with Crippen molar-refractivity contribution in [3.05, 3.63) is 59.3 Å². The molecule has 0 saturated carbocycles. The van der Waals surface area contributed by atoms with E-state index in [2.05, 4.69) is 50.4 Å². The number of thiophene rings is 1. The maximum absolute atomic E-state index is 3.97. The lowest BCUT2D eigenvalue weighted by molar-refractivity contribution is 0.740. The van der Waals surface area contributed by atoms with Gasteiger partial charge in [-0.05, 0) is 35.6 Å². The quantitative estimate of drug-likeness (QED) is 0.644. The van der Waals surface area contributed by atoms with Crippen molar-refractivity contribution < 1.29 is 0 Å². The van der Waals surface area contributed by atoms with E-state index in [1.165, 1.54) is 15.3 Å². The third kappa shape index (κ3) is 2.25. The Labute approximate surface area is 101 Å². The lowest BCUT2D eigenvalue weighted by atomic mass is 9.97. The van der Waals surface area contributed by atoms with Crippen molar-refractivity contribution in [3.63, 3.8) is 0 Å². The zero-order valence-electron chi connectivity index (χ0n) is 9.57. The first-order chi connectivity index (χ1) is 7.70. The van der Waals surface area contributed by atoms with Gasteiger partial charge in [0.2, 0.25) is 0 Å². The van der Waals surface area contributed by atoms with Crippen molar-refractivity contribution in [2.75, 3.05) is 0 Å². The molecular weight excluding hydrogens is 212 g/mol. The molecule has 1 atom stereocenters. The summed E-state index contributed by atoms with van der Waals surface area (Å²) in [6, 6.07) is 4.29. The van der Waals surface area contributed by atoms with Gasteiger partial charge in [0.05, 0.1) is 0 Å². The molecule has 1 aromatic rings. The number of allylic oxidation sites excluding steroid dienone is 6. The minimum atomic E-state index is 0.646. The Morgan fingerprint density at radius 1 is 1.50 bits per heavy atom. The van der Waals surface area contributed by atoms with Crippen molar-refractivity contribution in [3.8, 4) is 0 Å². The molecule has 2 rings (SSSR count). The van der Waals surface area contributed by atoms with E-state index in [0.717, 1.165) is 12.0 Å². The normalized spacial score (nSPS) is 19.3. The highest BCUT2D eigenvalue weighted by molar-refractivity contribution is 7.14. The van der Waals surface area contributed by atoms with E-state index in [1.807, 2.05) is 6.08 Å². The third-order valence-electron chi connectivity index (χ3n) is 2.72. The van der Waals surface area contributed by atoms with Crippen LogP contribution in [0.2, 0.25) is 0 Å². The van der Waals surface area contributed by atoms with Gasteiger partial charge in [0.1, 0.15) is 0 Å². The lowest BCUT2D eigenvalue weighted by Crippen LogP contribution is -1.93. The Kier molecular flexibility index (Phi) is 3.25. The first kappa shape index (κ1) is 11.2. The van der Waals surface area contributed by atoms with Crippen molar-refractivity contribution in [1.29, 1.82) is 0 Å². The zero-order chi connectivity index (χ0) is 11.5. The fraction of sp³-hybridized carbons (Fsp3) is 0.200. The van der Waals surface area contributed by atoms with Crippen LogP contribution in [0.5, 0.6) is 0 Å². The Bertz CT molecular complexity index is 471. The van der Waals surface area contributed by atoms with Gasteiger partial charge in [-0.15, -0.1) is 11.3 Å². The van der Waals surface area contributed by atoms with Gasteiger partial charge in [0.25, 0.3) is 0 Å². The highest BCUT2D eigenvalue weighted by atomic mass is 32.1. The fourth-order valence-corrected chi connectivity index (χ4v) is 2.75. The summed E-state index contributed by atoms with van der Waals surface area (Å²) in [6.07, 6.45) is 9.77. The summed E-state index contributed by atoms with van der Waals surface area (Å²) < 4.78 is 0. The molecule has 0 aliphatic heterocycles. The molecule has 0 saturated heterocycles. The molecular formula is C15H16S. The molecule has 1 aromatic heterocycles. The molecule has 0 aromatic carbocycles. The van der Waals surface area contributed by atoms with Crippen LogP contribution in [0.25, 0.3) is 11.1 Å². The molecule has 1 heterocycles. The molecule has 0 spiro atoms. The monoisotopic (exact) mass is 228 g/mol. The topological polar surface area (TPSA) is 0 Å². The van der Waals surface area contributed by atoms with Gasteiger partial charge in [0.15, 0.2) is 0 Å². The molecule has 0 N–H and O–H groups in total. The SMILES string of the molecule is C=CC(=C)c1ccc(C2=CC(C)CC=C2)s1. The van der Waals surface area contributed by atoms with Crippen LogP contribution in [0.4, 0.5) is 0 Å². The fourth-order valence-electron chi connectivity index (χ4n) is 1.77. The molecule has 0 bridgehead atoms. The van der Waals surface area contributed by atoms with E-state index in [0.29, 0.717) is 5.92 Å². The van der Waals surface area contributed by atoms with E-state index >= 15 is 0 Å². The molecule has 0 amide bonds. The molecule has 1 aliphatic rings. The van der Waals surface area contributed by atoms with Crippen molar-refractivity contribution in [1.82, 2.24) is 0 Å². The third-order valence-corrected chi connectivity index (χ3v) is 3.93. The van der Waals surface area contributed by atoms with Crippen LogP contribution in [-0.4, -0.2) is 0 Å². The Morgan fingerprint density at radius 2 is 2.31 bits per heavy atom. The first-order valence-electron chi connectivity index (χ1n) is 5.51. The maximum Gasteiger partial charge on any atom is 0.0346 e. The van der Waals surface area contributed by atoms with E-state index in [4.69, 9.17) is 0 Å². The van der Waals surface area contributed by atoms with E-state index in [9.17, 15) is 0 Å². The second kappa shape index (κ2) is 4.67. The van der Waals surface area contributed by atoms with E-state index in [-0.39, 0.29) is 0 Å². The first-order valence-corrected chi connectivity index (χ1v) is 6.32. The summed E-state index contributed by atoms with van der Waals surface area (Å²) in [5.74, 6) is 0.646. The molecule has 0 fully saturated rings.